The van der Waals surface area contributed by atoms with Crippen LogP contribution < -0.4 is 23.8 Å². The van der Waals surface area contributed by atoms with E-state index in [0.717, 1.165) is 10.6 Å². The van der Waals surface area contributed by atoms with Gasteiger partial charge in [-0.05, 0) is 56.3 Å². The third-order valence-corrected chi connectivity index (χ3v) is 5.92. The van der Waals surface area contributed by atoms with E-state index in [1.807, 2.05) is 0 Å². The van der Waals surface area contributed by atoms with Gasteiger partial charge in [0.05, 0.1) is 39.3 Å². The predicted molar refractivity (Wildman–Crippen MR) is 116 cm³/mol. The summed E-state index contributed by atoms with van der Waals surface area (Å²) in [7, 11) is 0.893. The monoisotopic (exact) mass is 436 g/mol. The molecule has 0 radical (unpaired) electrons. The lowest BCUT2D eigenvalue weighted by Crippen LogP contribution is -2.48. The number of carbonyl (C=O) groups is 1. The Labute approximate surface area is 177 Å². The van der Waals surface area contributed by atoms with E-state index in [2.05, 4.69) is 5.32 Å². The van der Waals surface area contributed by atoms with Crippen molar-refractivity contribution >= 4 is 21.6 Å². The Morgan fingerprint density at radius 2 is 1.50 bits per heavy atom. The maximum atomic E-state index is 13.0. The zero-order valence-corrected chi connectivity index (χ0v) is 18.8. The number of hydrogen-bond donors (Lipinski definition) is 1. The molecule has 1 N–H and O–H groups in total. The summed E-state index contributed by atoms with van der Waals surface area (Å²) in [6, 6.07) is 10.3. The lowest BCUT2D eigenvalue weighted by atomic mass is 10.1. The molecule has 164 valence electrons. The van der Waals surface area contributed by atoms with Crippen LogP contribution in [0.1, 0.15) is 25.5 Å². The smallest absolute Gasteiger partial charge is 0.244 e. The van der Waals surface area contributed by atoms with Crippen LogP contribution in [0.3, 0.4) is 0 Å². The van der Waals surface area contributed by atoms with Crippen LogP contribution in [0.25, 0.3) is 0 Å². The van der Waals surface area contributed by atoms with Crippen molar-refractivity contribution in [1.82, 2.24) is 5.32 Å². The fraction of sp³-hybridized carbons (Fsp3) is 0.381. The molecule has 0 aliphatic heterocycles. The van der Waals surface area contributed by atoms with E-state index in [-0.39, 0.29) is 0 Å². The molecular weight excluding hydrogens is 408 g/mol. The fourth-order valence-corrected chi connectivity index (χ4v) is 4.30. The van der Waals surface area contributed by atoms with Crippen molar-refractivity contribution < 1.29 is 27.4 Å². The van der Waals surface area contributed by atoms with Gasteiger partial charge in [-0.2, -0.15) is 0 Å². The van der Waals surface area contributed by atoms with Crippen molar-refractivity contribution in [2.45, 2.75) is 25.9 Å². The molecule has 2 aromatic rings. The standard InChI is InChI=1S/C21H28N2O6S/c1-14(19-13-18(28-4)11-12-20(19)29-5)22-21(24)15(2)23(30(6,25)26)16-7-9-17(27-3)10-8-16/h7-15H,1-6H3,(H,22,24)/t14-,15+/m1/s1. The average molecular weight is 437 g/mol. The number of hydrogen-bond acceptors (Lipinski definition) is 6. The summed E-state index contributed by atoms with van der Waals surface area (Å²) >= 11 is 0. The number of amides is 1. The maximum Gasteiger partial charge on any atom is 0.244 e. The quantitative estimate of drug-likeness (QED) is 0.650. The van der Waals surface area contributed by atoms with Crippen molar-refractivity contribution in [3.63, 3.8) is 0 Å². The Morgan fingerprint density at radius 1 is 0.933 bits per heavy atom. The summed E-state index contributed by atoms with van der Waals surface area (Å²) in [5, 5.41) is 2.86. The Morgan fingerprint density at radius 3 is 2.00 bits per heavy atom. The Hall–Kier alpha value is -2.94. The van der Waals surface area contributed by atoms with E-state index in [4.69, 9.17) is 14.2 Å². The van der Waals surface area contributed by atoms with Crippen LogP contribution in [-0.2, 0) is 14.8 Å². The van der Waals surface area contributed by atoms with Gasteiger partial charge < -0.3 is 19.5 Å². The third-order valence-electron chi connectivity index (χ3n) is 4.68. The minimum Gasteiger partial charge on any atom is -0.497 e. The average Bonchev–Trinajstić information content (AvgIpc) is 2.72. The van der Waals surface area contributed by atoms with Gasteiger partial charge in [-0.15, -0.1) is 0 Å². The highest BCUT2D eigenvalue weighted by atomic mass is 32.2. The number of nitrogens with one attached hydrogen (secondary N) is 1. The molecule has 0 fully saturated rings. The molecule has 2 rings (SSSR count). The first kappa shape index (κ1) is 23.3. The van der Waals surface area contributed by atoms with Gasteiger partial charge in [0, 0.05) is 5.56 Å². The second-order valence-electron chi connectivity index (χ2n) is 6.77. The normalized spacial score (nSPS) is 13.1. The molecule has 0 aromatic heterocycles. The summed E-state index contributed by atoms with van der Waals surface area (Å²) in [5.74, 6) is 1.35. The number of sulfonamides is 1. The van der Waals surface area contributed by atoms with Crippen LogP contribution in [0.4, 0.5) is 5.69 Å². The number of rotatable bonds is 9. The molecule has 0 saturated carbocycles. The van der Waals surface area contributed by atoms with Gasteiger partial charge in [0.15, 0.2) is 0 Å². The van der Waals surface area contributed by atoms with Crippen LogP contribution in [0.15, 0.2) is 42.5 Å². The molecule has 0 aliphatic carbocycles. The zero-order chi connectivity index (χ0) is 22.5. The van der Waals surface area contributed by atoms with Crippen molar-refractivity contribution in [3.8, 4) is 17.2 Å². The SMILES string of the molecule is COc1ccc(N([C@@H](C)C(=O)N[C@H](C)c2cc(OC)ccc2OC)S(C)(=O)=O)cc1. The largest absolute Gasteiger partial charge is 0.497 e. The summed E-state index contributed by atoms with van der Waals surface area (Å²) in [6.45, 7) is 3.33. The highest BCUT2D eigenvalue weighted by Gasteiger charge is 2.30. The van der Waals surface area contributed by atoms with Gasteiger partial charge in [-0.25, -0.2) is 8.42 Å². The topological polar surface area (TPSA) is 94.2 Å². The number of benzene rings is 2. The minimum absolute atomic E-state index is 0.368. The molecule has 0 saturated heterocycles. The molecule has 0 heterocycles. The third kappa shape index (κ3) is 5.35. The molecule has 1 amide bonds. The molecule has 2 aromatic carbocycles. The van der Waals surface area contributed by atoms with Crippen LogP contribution in [0.2, 0.25) is 0 Å². The van der Waals surface area contributed by atoms with Gasteiger partial charge in [0.1, 0.15) is 23.3 Å². The molecule has 9 heteroatoms. The Balaban J connectivity index is 2.29. The maximum absolute atomic E-state index is 13.0. The van der Waals surface area contributed by atoms with E-state index < -0.39 is 28.0 Å². The first-order chi connectivity index (χ1) is 14.1. The number of carbonyl (C=O) groups excluding carboxylic acids is 1. The number of ether oxygens (including phenoxy) is 3. The Kier molecular flexibility index (Phi) is 7.55. The molecule has 0 bridgehead atoms. The van der Waals surface area contributed by atoms with Crippen LogP contribution in [0.5, 0.6) is 17.2 Å². The van der Waals surface area contributed by atoms with Gasteiger partial charge in [0.2, 0.25) is 15.9 Å². The van der Waals surface area contributed by atoms with Crippen molar-refractivity contribution in [3.05, 3.63) is 48.0 Å². The fourth-order valence-electron chi connectivity index (χ4n) is 3.13. The van der Waals surface area contributed by atoms with Crippen LogP contribution >= 0.6 is 0 Å². The summed E-state index contributed by atoms with van der Waals surface area (Å²) in [5.41, 5.74) is 1.08. The van der Waals surface area contributed by atoms with E-state index in [0.29, 0.717) is 28.5 Å². The number of methoxy groups -OCH3 is 3. The second-order valence-corrected chi connectivity index (χ2v) is 8.63. The van der Waals surface area contributed by atoms with E-state index in [1.165, 1.54) is 21.1 Å². The van der Waals surface area contributed by atoms with Crippen molar-refractivity contribution in [1.29, 1.82) is 0 Å². The molecule has 0 aliphatic rings. The van der Waals surface area contributed by atoms with Gasteiger partial charge in [0.25, 0.3) is 0 Å². The summed E-state index contributed by atoms with van der Waals surface area (Å²) in [6.07, 6.45) is 1.07. The Bertz CT molecular complexity index is 975. The van der Waals surface area contributed by atoms with Crippen LogP contribution in [-0.4, -0.2) is 48.0 Å². The second kappa shape index (κ2) is 9.71. The predicted octanol–water partition coefficient (Wildman–Crippen LogP) is 2.74. The molecule has 0 unspecified atom stereocenters. The molecule has 2 atom stereocenters. The van der Waals surface area contributed by atoms with E-state index in [9.17, 15) is 13.2 Å². The van der Waals surface area contributed by atoms with Crippen molar-refractivity contribution in [2.75, 3.05) is 31.9 Å². The van der Waals surface area contributed by atoms with Crippen LogP contribution in [0, 0.1) is 0 Å². The van der Waals surface area contributed by atoms with Gasteiger partial charge in [-0.1, -0.05) is 0 Å². The zero-order valence-electron chi connectivity index (χ0n) is 18.0. The minimum atomic E-state index is -3.72. The highest BCUT2D eigenvalue weighted by Crippen LogP contribution is 2.30. The van der Waals surface area contributed by atoms with E-state index >= 15 is 0 Å². The molecule has 0 spiro atoms. The molecule has 30 heavy (non-hydrogen) atoms. The molecule has 8 nitrogen and oxygen atoms in total. The lowest BCUT2D eigenvalue weighted by Gasteiger charge is -2.29. The van der Waals surface area contributed by atoms with Crippen molar-refractivity contribution in [2.24, 2.45) is 0 Å². The lowest BCUT2D eigenvalue weighted by molar-refractivity contribution is -0.122. The number of anilines is 1. The highest BCUT2D eigenvalue weighted by molar-refractivity contribution is 7.92. The molecular formula is C21H28N2O6S. The van der Waals surface area contributed by atoms with E-state index in [1.54, 1.807) is 56.5 Å². The first-order valence-electron chi connectivity index (χ1n) is 9.28. The van der Waals surface area contributed by atoms with Gasteiger partial charge >= 0.3 is 0 Å². The summed E-state index contributed by atoms with van der Waals surface area (Å²) < 4.78 is 41.7. The first-order valence-corrected chi connectivity index (χ1v) is 11.1. The summed E-state index contributed by atoms with van der Waals surface area (Å²) in [4.78, 5) is 13.0. The number of nitrogens with zero attached hydrogens (tertiary/aromatic N) is 1. The van der Waals surface area contributed by atoms with Gasteiger partial charge in [-0.3, -0.25) is 9.10 Å².